The van der Waals surface area contributed by atoms with Crippen LogP contribution < -0.4 is 5.32 Å². The van der Waals surface area contributed by atoms with Crippen LogP contribution in [-0.4, -0.2) is 188 Å². The minimum atomic E-state index is -0.682. The summed E-state index contributed by atoms with van der Waals surface area (Å²) in [6.45, 7) is 15.9. The van der Waals surface area contributed by atoms with Gasteiger partial charge in [-0.1, -0.05) is 6.08 Å². The minimum Gasteiger partial charge on any atom is -0.377 e. The van der Waals surface area contributed by atoms with Gasteiger partial charge in [0.2, 0.25) is 0 Å². The van der Waals surface area contributed by atoms with Gasteiger partial charge in [0, 0.05) is 12.6 Å². The molecule has 0 saturated heterocycles. The van der Waals surface area contributed by atoms with Gasteiger partial charge in [0.05, 0.1) is 188 Å². The third-order valence-electron chi connectivity index (χ3n) is 6.65. The molecule has 0 amide bonds. The van der Waals surface area contributed by atoms with Gasteiger partial charge in [-0.05, 0) is 6.07 Å². The van der Waals surface area contributed by atoms with E-state index in [-0.39, 0.29) is 30.2 Å². The number of hydrogen-bond donors (Lipinski definition) is 1. The van der Waals surface area contributed by atoms with Crippen LogP contribution >= 0.6 is 0 Å². The number of rotatable bonds is 44. The number of hydrogen-bond acceptors (Lipinski definition) is 18. The fourth-order valence-corrected chi connectivity index (χ4v) is 4.00. The van der Waals surface area contributed by atoms with Crippen LogP contribution in [-0.2, 0) is 61.6 Å². The number of nitro benzene ring substituents is 2. The van der Waals surface area contributed by atoms with Crippen LogP contribution in [0.25, 0.3) is 0 Å². The monoisotopic (exact) mass is 795 g/mol. The molecule has 55 heavy (non-hydrogen) atoms. The lowest BCUT2D eigenvalue weighted by Crippen LogP contribution is -2.16. The van der Waals surface area contributed by atoms with Crippen molar-refractivity contribution < 1.29 is 71.4 Å². The Balaban J connectivity index is 1.69. The first-order valence-corrected chi connectivity index (χ1v) is 18.3. The zero-order valence-corrected chi connectivity index (χ0v) is 31.9. The Bertz CT molecular complexity index is 1060. The molecule has 0 radical (unpaired) electrons. The number of ether oxygens (including phenoxy) is 13. The van der Waals surface area contributed by atoms with Crippen molar-refractivity contribution >= 4 is 17.1 Å². The van der Waals surface area contributed by atoms with Crippen molar-refractivity contribution in [3.05, 3.63) is 51.1 Å². The summed E-state index contributed by atoms with van der Waals surface area (Å²) in [6.07, 6.45) is 1.70. The first-order chi connectivity index (χ1) is 27.1. The van der Waals surface area contributed by atoms with Crippen molar-refractivity contribution in [2.24, 2.45) is 0 Å². The van der Waals surface area contributed by atoms with E-state index in [0.717, 1.165) is 6.07 Å². The number of nitro groups is 2. The average molecular weight is 796 g/mol. The lowest BCUT2D eigenvalue weighted by molar-refractivity contribution is -0.393. The highest BCUT2D eigenvalue weighted by Gasteiger charge is 2.19. The van der Waals surface area contributed by atoms with Gasteiger partial charge >= 0.3 is 0 Å². The number of nitrogens with one attached hydrogen (secondary N) is 1. The quantitative estimate of drug-likeness (QED) is 0.0434. The van der Waals surface area contributed by atoms with Gasteiger partial charge in [-0.25, -0.2) is 0 Å². The third-order valence-corrected chi connectivity index (χ3v) is 6.65. The molecule has 0 aromatic heterocycles. The standard InChI is InChI=1S/C35H61N3O17/c1-2-6-43-8-10-45-12-14-47-16-18-49-20-22-51-24-26-53-28-30-55-31-29-54-27-25-52-23-21-50-19-17-48-15-13-46-11-9-44-7-5-36-34-4-3-33(37(39)40)32-35(34)38(41)42/h2-4,32,36H,1,5-31H2. The molecule has 1 N–H and O–H groups in total. The van der Waals surface area contributed by atoms with Crippen molar-refractivity contribution in [1.82, 2.24) is 0 Å². The molecular weight excluding hydrogens is 734 g/mol. The average Bonchev–Trinajstić information content (AvgIpc) is 3.18. The number of anilines is 1. The van der Waals surface area contributed by atoms with Crippen LogP contribution in [0.4, 0.5) is 17.1 Å². The Labute approximate surface area is 323 Å². The normalized spacial score (nSPS) is 11.3. The molecule has 0 unspecified atom stereocenters. The Hall–Kier alpha value is -2.96. The number of benzene rings is 1. The summed E-state index contributed by atoms with van der Waals surface area (Å²) in [5, 5.41) is 24.8. The molecule has 0 aliphatic carbocycles. The molecule has 0 spiro atoms. The van der Waals surface area contributed by atoms with Gasteiger partial charge in [-0.2, -0.15) is 0 Å². The fourth-order valence-electron chi connectivity index (χ4n) is 4.00. The van der Waals surface area contributed by atoms with Crippen molar-refractivity contribution in [1.29, 1.82) is 0 Å². The molecule has 1 rings (SSSR count). The van der Waals surface area contributed by atoms with Gasteiger partial charge in [0.25, 0.3) is 11.4 Å². The van der Waals surface area contributed by atoms with Gasteiger partial charge in [0.15, 0.2) is 0 Å². The summed E-state index contributed by atoms with van der Waals surface area (Å²) in [7, 11) is 0. The van der Waals surface area contributed by atoms with E-state index in [1.165, 1.54) is 12.1 Å². The van der Waals surface area contributed by atoms with Crippen LogP contribution in [0.5, 0.6) is 0 Å². The van der Waals surface area contributed by atoms with Crippen LogP contribution in [0.2, 0.25) is 0 Å². The highest BCUT2D eigenvalue weighted by Crippen LogP contribution is 2.28. The first kappa shape index (κ1) is 50.1. The summed E-state index contributed by atoms with van der Waals surface area (Å²) >= 11 is 0. The summed E-state index contributed by atoms with van der Waals surface area (Å²) in [6, 6.07) is 3.42. The lowest BCUT2D eigenvalue weighted by atomic mass is 10.2. The van der Waals surface area contributed by atoms with Crippen molar-refractivity contribution in [2.45, 2.75) is 0 Å². The SMILES string of the molecule is C=CCOCCOCCOCCOCCOCCOCCOCCOCCOCCOCCOCCOCCOCCNc1ccc([N+](=O)[O-])cc1[N+](=O)[O-]. The minimum absolute atomic E-state index is 0.183. The van der Waals surface area contributed by atoms with Gasteiger partial charge < -0.3 is 66.9 Å². The predicted octanol–water partition coefficient (Wildman–Crippen LogP) is 2.32. The lowest BCUT2D eigenvalue weighted by Gasteiger charge is -2.09. The second-order valence-corrected chi connectivity index (χ2v) is 10.9. The zero-order valence-electron chi connectivity index (χ0n) is 31.9. The Morgan fingerprint density at radius 3 is 1.02 bits per heavy atom. The van der Waals surface area contributed by atoms with E-state index in [2.05, 4.69) is 11.9 Å². The zero-order chi connectivity index (χ0) is 39.7. The van der Waals surface area contributed by atoms with E-state index >= 15 is 0 Å². The molecule has 0 aliphatic rings. The van der Waals surface area contributed by atoms with Crippen molar-refractivity contribution in [2.75, 3.05) is 184 Å². The summed E-state index contributed by atoms with van der Waals surface area (Å²) in [5.74, 6) is 0. The fraction of sp³-hybridized carbons (Fsp3) is 0.771. The largest absolute Gasteiger partial charge is 0.377 e. The molecule has 0 bridgehead atoms. The van der Waals surface area contributed by atoms with E-state index in [1.54, 1.807) is 6.08 Å². The maximum atomic E-state index is 11.2. The summed E-state index contributed by atoms with van der Waals surface area (Å²) in [5.41, 5.74) is -0.532. The molecular formula is C35H61N3O17. The molecule has 0 atom stereocenters. The summed E-state index contributed by atoms with van der Waals surface area (Å²) < 4.78 is 70.6. The second-order valence-electron chi connectivity index (χ2n) is 10.9. The smallest absolute Gasteiger partial charge is 0.299 e. The highest BCUT2D eigenvalue weighted by atomic mass is 16.6. The Morgan fingerprint density at radius 2 is 0.745 bits per heavy atom. The molecule has 0 heterocycles. The van der Waals surface area contributed by atoms with Crippen LogP contribution in [0, 0.1) is 20.2 Å². The molecule has 1 aromatic rings. The summed E-state index contributed by atoms with van der Waals surface area (Å²) in [4.78, 5) is 20.6. The van der Waals surface area contributed by atoms with E-state index in [0.29, 0.717) is 165 Å². The van der Waals surface area contributed by atoms with Gasteiger partial charge in [-0.15, -0.1) is 6.58 Å². The van der Waals surface area contributed by atoms with E-state index in [9.17, 15) is 20.2 Å². The molecule has 20 nitrogen and oxygen atoms in total. The Morgan fingerprint density at radius 1 is 0.455 bits per heavy atom. The third kappa shape index (κ3) is 32.9. The maximum Gasteiger partial charge on any atom is 0.299 e. The molecule has 20 heteroatoms. The molecule has 0 aliphatic heterocycles. The van der Waals surface area contributed by atoms with Crippen molar-refractivity contribution in [3.63, 3.8) is 0 Å². The molecule has 1 aromatic carbocycles. The van der Waals surface area contributed by atoms with E-state index in [4.69, 9.17) is 61.6 Å². The van der Waals surface area contributed by atoms with Crippen LogP contribution in [0.3, 0.4) is 0 Å². The predicted molar refractivity (Wildman–Crippen MR) is 199 cm³/mol. The first-order valence-electron chi connectivity index (χ1n) is 18.3. The molecule has 0 saturated carbocycles. The molecule has 318 valence electrons. The topological polar surface area (TPSA) is 218 Å². The highest BCUT2D eigenvalue weighted by molar-refractivity contribution is 5.65. The number of non-ortho nitro benzene ring substituents is 1. The van der Waals surface area contributed by atoms with E-state index < -0.39 is 9.85 Å². The number of nitrogens with zero attached hydrogens (tertiary/aromatic N) is 2. The second kappa shape index (κ2) is 39.3. The Kier molecular flexibility index (Phi) is 35.8. The van der Waals surface area contributed by atoms with Gasteiger partial charge in [0.1, 0.15) is 5.69 Å². The molecule has 0 fully saturated rings. The maximum absolute atomic E-state index is 11.2. The van der Waals surface area contributed by atoms with E-state index in [1.807, 2.05) is 0 Å². The van der Waals surface area contributed by atoms with Crippen LogP contribution in [0.15, 0.2) is 30.9 Å². The van der Waals surface area contributed by atoms with Gasteiger partial charge in [-0.3, -0.25) is 20.2 Å². The van der Waals surface area contributed by atoms with Crippen molar-refractivity contribution in [3.8, 4) is 0 Å². The van der Waals surface area contributed by atoms with Crippen LogP contribution in [0.1, 0.15) is 0 Å².